The summed E-state index contributed by atoms with van der Waals surface area (Å²) in [6.07, 6.45) is 3.23. The minimum Gasteiger partial charge on any atom is -0.376 e. The molecule has 0 amide bonds. The molecule has 0 unspecified atom stereocenters. The zero-order valence-corrected chi connectivity index (χ0v) is 4.78. The van der Waals surface area contributed by atoms with Gasteiger partial charge in [0.05, 0.1) is 5.56 Å². The van der Waals surface area contributed by atoms with Gasteiger partial charge in [0.15, 0.2) is 0 Å². The molecule has 0 saturated carbocycles. The lowest BCUT2D eigenvalue weighted by Crippen LogP contribution is -1.89. The van der Waals surface area contributed by atoms with Crippen LogP contribution in [-0.2, 0) is 6.73 Å². The molecule has 0 radical (unpaired) electrons. The van der Waals surface area contributed by atoms with E-state index in [1.165, 1.54) is 4.57 Å². The molecule has 1 heterocycles. The molecule has 46 valence electrons. The molecule has 1 aromatic heterocycles. The summed E-state index contributed by atoms with van der Waals surface area (Å²) in [6, 6.07) is 3.60. The third-order valence-corrected chi connectivity index (χ3v) is 1.04. The molecule has 0 spiro atoms. The van der Waals surface area contributed by atoms with E-state index in [0.717, 1.165) is 0 Å². The predicted octanol–water partition coefficient (Wildman–Crippen LogP) is 0.310. The van der Waals surface area contributed by atoms with E-state index in [4.69, 9.17) is 10.4 Å². The maximum absolute atomic E-state index is 8.50. The summed E-state index contributed by atoms with van der Waals surface area (Å²) >= 11 is 0. The van der Waals surface area contributed by atoms with Crippen LogP contribution in [0.4, 0.5) is 0 Å². The van der Waals surface area contributed by atoms with E-state index in [1.807, 2.05) is 6.07 Å². The van der Waals surface area contributed by atoms with Crippen LogP contribution < -0.4 is 0 Å². The first-order chi connectivity index (χ1) is 4.36. The number of hydrogen-bond donors (Lipinski definition) is 1. The number of aromatic nitrogens is 1. The second kappa shape index (κ2) is 2.33. The topological polar surface area (TPSA) is 49.0 Å². The van der Waals surface area contributed by atoms with E-state index in [9.17, 15) is 0 Å². The molecule has 0 aromatic carbocycles. The summed E-state index contributed by atoms with van der Waals surface area (Å²) in [5.74, 6) is 0. The standard InChI is InChI=1S/C6H6N2O/c7-3-6-1-2-8(4-6)5-9/h1-2,4,9H,5H2. The third-order valence-electron chi connectivity index (χ3n) is 1.04. The van der Waals surface area contributed by atoms with E-state index in [-0.39, 0.29) is 6.73 Å². The molecule has 0 bridgehead atoms. The highest BCUT2D eigenvalue weighted by molar-refractivity contribution is 5.25. The van der Waals surface area contributed by atoms with E-state index in [2.05, 4.69) is 0 Å². The largest absolute Gasteiger partial charge is 0.376 e. The first-order valence-electron chi connectivity index (χ1n) is 2.53. The van der Waals surface area contributed by atoms with Crippen LogP contribution >= 0.6 is 0 Å². The molecule has 3 nitrogen and oxygen atoms in total. The summed E-state index contributed by atoms with van der Waals surface area (Å²) in [6.45, 7) is -0.0678. The fourth-order valence-electron chi connectivity index (χ4n) is 0.595. The molecule has 1 aromatic rings. The molecule has 0 fully saturated rings. The van der Waals surface area contributed by atoms with Gasteiger partial charge in [0, 0.05) is 12.4 Å². The van der Waals surface area contributed by atoms with Crippen molar-refractivity contribution < 1.29 is 5.11 Å². The van der Waals surface area contributed by atoms with E-state index in [0.29, 0.717) is 5.56 Å². The Hall–Kier alpha value is -1.27. The average molecular weight is 122 g/mol. The van der Waals surface area contributed by atoms with Crippen LogP contribution in [0.15, 0.2) is 18.5 Å². The molecule has 3 heteroatoms. The highest BCUT2D eigenvalue weighted by atomic mass is 16.3. The Bertz CT molecular complexity index is 233. The van der Waals surface area contributed by atoms with Crippen molar-refractivity contribution in [2.45, 2.75) is 6.73 Å². The smallest absolute Gasteiger partial charge is 0.119 e. The zero-order chi connectivity index (χ0) is 6.69. The first-order valence-corrected chi connectivity index (χ1v) is 2.53. The van der Waals surface area contributed by atoms with Crippen molar-refractivity contribution in [1.29, 1.82) is 5.26 Å². The van der Waals surface area contributed by atoms with Gasteiger partial charge in [-0.15, -0.1) is 0 Å². The number of aliphatic hydroxyl groups is 1. The zero-order valence-electron chi connectivity index (χ0n) is 4.78. The lowest BCUT2D eigenvalue weighted by atomic mass is 10.4. The maximum atomic E-state index is 8.50. The average Bonchev–Trinajstić information content (AvgIpc) is 2.34. The van der Waals surface area contributed by atoms with Crippen molar-refractivity contribution in [2.75, 3.05) is 0 Å². The summed E-state index contributed by atoms with van der Waals surface area (Å²) < 4.78 is 1.53. The highest BCUT2D eigenvalue weighted by Crippen LogP contribution is 1.96. The van der Waals surface area contributed by atoms with Crippen molar-refractivity contribution in [2.24, 2.45) is 0 Å². The lowest BCUT2D eigenvalue weighted by Gasteiger charge is -1.89. The van der Waals surface area contributed by atoms with Crippen molar-refractivity contribution >= 4 is 0 Å². The van der Waals surface area contributed by atoms with Crippen LogP contribution in [0, 0.1) is 11.3 Å². The van der Waals surface area contributed by atoms with Gasteiger partial charge < -0.3 is 9.67 Å². The minimum absolute atomic E-state index is 0.0678. The summed E-state index contributed by atoms with van der Waals surface area (Å²) in [5.41, 5.74) is 0.573. The molecule has 0 saturated heterocycles. The van der Waals surface area contributed by atoms with Crippen molar-refractivity contribution in [3.8, 4) is 6.07 Å². The Balaban J connectivity index is 2.90. The minimum atomic E-state index is -0.0678. The molecule has 0 aliphatic carbocycles. The Morgan fingerprint density at radius 1 is 1.78 bits per heavy atom. The molecule has 0 aliphatic rings. The van der Waals surface area contributed by atoms with Crippen LogP contribution in [0.1, 0.15) is 5.56 Å². The second-order valence-corrected chi connectivity index (χ2v) is 1.67. The van der Waals surface area contributed by atoms with Gasteiger partial charge in [-0.1, -0.05) is 0 Å². The van der Waals surface area contributed by atoms with Crippen molar-refractivity contribution in [3.63, 3.8) is 0 Å². The molecule has 1 rings (SSSR count). The van der Waals surface area contributed by atoms with Crippen LogP contribution in [0.3, 0.4) is 0 Å². The number of aliphatic hydroxyl groups excluding tert-OH is 1. The van der Waals surface area contributed by atoms with Gasteiger partial charge in [0.1, 0.15) is 12.8 Å². The van der Waals surface area contributed by atoms with Crippen molar-refractivity contribution in [1.82, 2.24) is 4.57 Å². The molecule has 0 atom stereocenters. The predicted molar refractivity (Wildman–Crippen MR) is 31.4 cm³/mol. The molecule has 0 aliphatic heterocycles. The Morgan fingerprint density at radius 2 is 2.56 bits per heavy atom. The number of nitrogens with zero attached hydrogens (tertiary/aromatic N) is 2. The molecule has 1 N–H and O–H groups in total. The van der Waals surface area contributed by atoms with E-state index >= 15 is 0 Å². The number of hydrogen-bond acceptors (Lipinski definition) is 2. The highest BCUT2D eigenvalue weighted by Gasteiger charge is 1.90. The molecular weight excluding hydrogens is 116 g/mol. The van der Waals surface area contributed by atoms with Gasteiger partial charge >= 0.3 is 0 Å². The maximum Gasteiger partial charge on any atom is 0.119 e. The van der Waals surface area contributed by atoms with Gasteiger partial charge in [0.2, 0.25) is 0 Å². The Labute approximate surface area is 52.8 Å². The van der Waals surface area contributed by atoms with Gasteiger partial charge in [-0.3, -0.25) is 0 Å². The summed E-state index contributed by atoms with van der Waals surface area (Å²) in [4.78, 5) is 0. The second-order valence-electron chi connectivity index (χ2n) is 1.67. The monoisotopic (exact) mass is 122 g/mol. The first kappa shape index (κ1) is 5.86. The summed E-state index contributed by atoms with van der Waals surface area (Å²) in [5, 5.41) is 16.8. The van der Waals surface area contributed by atoms with Crippen LogP contribution in [0.5, 0.6) is 0 Å². The fraction of sp³-hybridized carbons (Fsp3) is 0.167. The normalized spacial score (nSPS) is 8.89. The van der Waals surface area contributed by atoms with Crippen LogP contribution in [0.25, 0.3) is 0 Å². The van der Waals surface area contributed by atoms with Gasteiger partial charge in [-0.05, 0) is 6.07 Å². The van der Waals surface area contributed by atoms with Crippen molar-refractivity contribution in [3.05, 3.63) is 24.0 Å². The Kier molecular flexibility index (Phi) is 1.52. The van der Waals surface area contributed by atoms with Gasteiger partial charge in [-0.25, -0.2) is 0 Å². The third kappa shape index (κ3) is 1.09. The molecular formula is C6H6N2O. The SMILES string of the molecule is N#Cc1ccn(CO)c1. The summed E-state index contributed by atoms with van der Waals surface area (Å²) in [7, 11) is 0. The number of rotatable bonds is 1. The van der Waals surface area contributed by atoms with Crippen LogP contribution in [0.2, 0.25) is 0 Å². The Morgan fingerprint density at radius 3 is 2.89 bits per heavy atom. The lowest BCUT2D eigenvalue weighted by molar-refractivity contribution is 0.211. The number of nitriles is 1. The van der Waals surface area contributed by atoms with E-state index < -0.39 is 0 Å². The van der Waals surface area contributed by atoms with Gasteiger partial charge in [-0.2, -0.15) is 5.26 Å². The molecule has 9 heavy (non-hydrogen) atoms. The van der Waals surface area contributed by atoms with E-state index in [1.54, 1.807) is 18.5 Å². The van der Waals surface area contributed by atoms with Gasteiger partial charge in [0.25, 0.3) is 0 Å². The quantitative estimate of drug-likeness (QED) is 0.582. The van der Waals surface area contributed by atoms with Crippen LogP contribution in [-0.4, -0.2) is 9.67 Å². The fourth-order valence-corrected chi connectivity index (χ4v) is 0.595.